The predicted molar refractivity (Wildman–Crippen MR) is 105 cm³/mol. The second-order valence-electron chi connectivity index (χ2n) is 7.70. The minimum absolute atomic E-state index is 0.0715. The molecule has 1 amide bonds. The van der Waals surface area contributed by atoms with Crippen molar-refractivity contribution in [2.75, 3.05) is 10.2 Å². The number of rotatable bonds is 3. The van der Waals surface area contributed by atoms with Crippen LogP contribution in [0.3, 0.4) is 0 Å². The first-order valence-corrected chi connectivity index (χ1v) is 9.54. The van der Waals surface area contributed by atoms with Gasteiger partial charge in [0.05, 0.1) is 17.3 Å². The molecular formula is C22H24N4O. The van der Waals surface area contributed by atoms with Gasteiger partial charge in [0.2, 0.25) is 5.91 Å². The molecule has 2 aliphatic rings. The van der Waals surface area contributed by atoms with Crippen molar-refractivity contribution in [1.29, 1.82) is 5.26 Å². The molecule has 1 aliphatic carbocycles. The van der Waals surface area contributed by atoms with E-state index in [1.807, 2.05) is 42.2 Å². The van der Waals surface area contributed by atoms with E-state index in [1.165, 1.54) is 12.8 Å². The minimum atomic E-state index is 0.0715. The lowest BCUT2D eigenvalue weighted by molar-refractivity contribution is -0.117. The molecule has 2 heterocycles. The number of fused-ring (bicyclic) bond motifs is 1. The van der Waals surface area contributed by atoms with Crippen LogP contribution in [0, 0.1) is 30.1 Å². The van der Waals surface area contributed by atoms with Gasteiger partial charge in [0.15, 0.2) is 0 Å². The average Bonchev–Trinajstić information content (AvgIpc) is 3.48. The highest BCUT2D eigenvalue weighted by molar-refractivity contribution is 5.94. The maximum atomic E-state index is 12.5. The van der Waals surface area contributed by atoms with E-state index < -0.39 is 0 Å². The van der Waals surface area contributed by atoms with Crippen molar-refractivity contribution >= 4 is 17.4 Å². The average molecular weight is 360 g/mol. The maximum Gasteiger partial charge on any atom is 0.224 e. The summed E-state index contributed by atoms with van der Waals surface area (Å²) in [5.41, 5.74) is 3.45. The van der Waals surface area contributed by atoms with Gasteiger partial charge in [0.25, 0.3) is 0 Å². The molecule has 138 valence electrons. The number of anilines is 2. The quantitative estimate of drug-likeness (QED) is 0.891. The number of hydrogen-bond donors (Lipinski definition) is 1. The van der Waals surface area contributed by atoms with Crippen LogP contribution in [-0.2, 0) is 4.79 Å². The fraction of sp³-hybridized carbons (Fsp3) is 0.409. The Bertz CT molecular complexity index is 928. The number of carbonyl (C=O) groups excluding carboxylic acids is 1. The van der Waals surface area contributed by atoms with E-state index in [0.29, 0.717) is 11.5 Å². The van der Waals surface area contributed by atoms with Crippen LogP contribution in [0.1, 0.15) is 49.6 Å². The van der Waals surface area contributed by atoms with Crippen molar-refractivity contribution in [2.24, 2.45) is 11.8 Å². The molecule has 5 heteroatoms. The molecule has 1 N–H and O–H groups in total. The Kier molecular flexibility index (Phi) is 4.35. The van der Waals surface area contributed by atoms with Gasteiger partial charge in [0, 0.05) is 24.6 Å². The monoisotopic (exact) mass is 360 g/mol. The second-order valence-corrected chi connectivity index (χ2v) is 7.70. The summed E-state index contributed by atoms with van der Waals surface area (Å²) in [6.07, 6.45) is 2.36. The van der Waals surface area contributed by atoms with Gasteiger partial charge < -0.3 is 10.2 Å². The first kappa shape index (κ1) is 17.5. The van der Waals surface area contributed by atoms with Crippen LogP contribution < -0.4 is 10.2 Å². The van der Waals surface area contributed by atoms with Crippen molar-refractivity contribution in [3.8, 4) is 6.07 Å². The van der Waals surface area contributed by atoms with E-state index in [2.05, 4.69) is 29.4 Å². The Balaban J connectivity index is 1.75. The van der Waals surface area contributed by atoms with Gasteiger partial charge in [-0.3, -0.25) is 4.79 Å². The Labute approximate surface area is 160 Å². The summed E-state index contributed by atoms with van der Waals surface area (Å²) in [6, 6.07) is 14.3. The molecule has 3 atom stereocenters. The topological polar surface area (TPSA) is 69.0 Å². The van der Waals surface area contributed by atoms with Crippen LogP contribution in [0.4, 0.5) is 11.5 Å². The molecule has 0 bridgehead atoms. The summed E-state index contributed by atoms with van der Waals surface area (Å²) in [7, 11) is 0. The fourth-order valence-corrected chi connectivity index (χ4v) is 4.43. The Morgan fingerprint density at radius 1 is 1.26 bits per heavy atom. The number of nitrogens with zero attached hydrogens (tertiary/aromatic N) is 3. The largest absolute Gasteiger partial charge is 0.363 e. The van der Waals surface area contributed by atoms with Crippen molar-refractivity contribution < 1.29 is 4.79 Å². The van der Waals surface area contributed by atoms with E-state index in [1.54, 1.807) is 6.92 Å². The van der Waals surface area contributed by atoms with Gasteiger partial charge >= 0.3 is 0 Å². The van der Waals surface area contributed by atoms with Crippen LogP contribution in [0.2, 0.25) is 0 Å². The third kappa shape index (κ3) is 3.06. The molecule has 1 aromatic heterocycles. The lowest BCUT2D eigenvalue weighted by Gasteiger charge is -2.45. The molecule has 0 radical (unpaired) electrons. The number of benzene rings is 1. The number of hydrogen-bond acceptors (Lipinski definition) is 4. The summed E-state index contributed by atoms with van der Waals surface area (Å²) in [6.45, 7) is 5.74. The van der Waals surface area contributed by atoms with Crippen molar-refractivity contribution in [2.45, 2.75) is 45.7 Å². The molecule has 0 unspecified atom stereocenters. The smallest absolute Gasteiger partial charge is 0.224 e. The summed E-state index contributed by atoms with van der Waals surface area (Å²) in [5.74, 6) is 1.70. The predicted octanol–water partition coefficient (Wildman–Crippen LogP) is 4.20. The Morgan fingerprint density at radius 3 is 2.63 bits per heavy atom. The van der Waals surface area contributed by atoms with Crippen molar-refractivity contribution in [1.82, 2.24) is 4.98 Å². The number of nitriles is 1. The van der Waals surface area contributed by atoms with Crippen LogP contribution in [0.5, 0.6) is 0 Å². The normalized spacial score (nSPS) is 24.1. The lowest BCUT2D eigenvalue weighted by Crippen LogP contribution is -2.51. The number of nitrogens with one attached hydrogen (secondary N) is 1. The molecule has 1 saturated carbocycles. The van der Waals surface area contributed by atoms with E-state index in [-0.39, 0.29) is 23.9 Å². The van der Waals surface area contributed by atoms with E-state index in [4.69, 9.17) is 5.26 Å². The van der Waals surface area contributed by atoms with Crippen LogP contribution in [0.15, 0.2) is 36.4 Å². The summed E-state index contributed by atoms with van der Waals surface area (Å²) >= 11 is 0. The zero-order chi connectivity index (χ0) is 19.1. The lowest BCUT2D eigenvalue weighted by atomic mass is 9.80. The number of carbonyl (C=O) groups is 1. The number of amides is 1. The molecule has 1 fully saturated rings. The molecule has 2 aromatic rings. The van der Waals surface area contributed by atoms with Gasteiger partial charge in [0.1, 0.15) is 11.9 Å². The zero-order valence-corrected chi connectivity index (χ0v) is 15.9. The number of para-hydroxylation sites is 1. The molecule has 0 saturated heterocycles. The van der Waals surface area contributed by atoms with Crippen LogP contribution in [0.25, 0.3) is 0 Å². The first-order chi connectivity index (χ1) is 13.0. The van der Waals surface area contributed by atoms with Crippen LogP contribution in [-0.4, -0.2) is 16.9 Å². The first-order valence-electron chi connectivity index (χ1n) is 9.54. The van der Waals surface area contributed by atoms with Gasteiger partial charge in [-0.2, -0.15) is 5.26 Å². The SMILES string of the molecule is CC(=O)N1c2ccccc2[C@H](Nc2ccc(C#N)c(C)n2)[C@@H](C)[C@H]1C1CC1. The van der Waals surface area contributed by atoms with Crippen molar-refractivity contribution in [3.63, 3.8) is 0 Å². The number of aromatic nitrogens is 1. The van der Waals surface area contributed by atoms with Gasteiger partial charge in [-0.25, -0.2) is 4.98 Å². The van der Waals surface area contributed by atoms with Gasteiger partial charge in [-0.1, -0.05) is 25.1 Å². The van der Waals surface area contributed by atoms with E-state index in [9.17, 15) is 4.79 Å². The molecule has 0 spiro atoms. The molecule has 1 aliphatic heterocycles. The third-order valence-electron chi connectivity index (χ3n) is 5.85. The van der Waals surface area contributed by atoms with Gasteiger partial charge in [-0.15, -0.1) is 0 Å². The standard InChI is InChI=1S/C22H24N4O/c1-13-21(25-20-11-10-17(12-23)14(2)24-20)18-6-4-5-7-19(18)26(15(3)27)22(13)16-8-9-16/h4-7,10-11,13,16,21-22H,8-9H2,1-3H3,(H,24,25)/t13-,21-,22+/m1/s1. The highest BCUT2D eigenvalue weighted by Gasteiger charge is 2.47. The summed E-state index contributed by atoms with van der Waals surface area (Å²) in [4.78, 5) is 19.1. The molecular weight excluding hydrogens is 336 g/mol. The summed E-state index contributed by atoms with van der Waals surface area (Å²) in [5, 5.41) is 12.7. The van der Waals surface area contributed by atoms with Crippen molar-refractivity contribution in [3.05, 3.63) is 53.2 Å². The highest BCUT2D eigenvalue weighted by Crippen LogP contribution is 2.49. The molecule has 27 heavy (non-hydrogen) atoms. The van der Waals surface area contributed by atoms with E-state index >= 15 is 0 Å². The van der Waals surface area contributed by atoms with Crippen LogP contribution >= 0.6 is 0 Å². The Morgan fingerprint density at radius 2 is 2.00 bits per heavy atom. The second kappa shape index (κ2) is 6.70. The maximum absolute atomic E-state index is 12.5. The fourth-order valence-electron chi connectivity index (χ4n) is 4.43. The third-order valence-corrected chi connectivity index (χ3v) is 5.85. The molecule has 1 aromatic carbocycles. The zero-order valence-electron chi connectivity index (χ0n) is 15.9. The van der Waals surface area contributed by atoms with E-state index in [0.717, 1.165) is 22.8 Å². The molecule has 5 nitrogen and oxygen atoms in total. The van der Waals surface area contributed by atoms with Gasteiger partial charge in [-0.05, 0) is 49.4 Å². The number of aryl methyl sites for hydroxylation is 1. The highest BCUT2D eigenvalue weighted by atomic mass is 16.2. The molecule has 4 rings (SSSR count). The minimum Gasteiger partial charge on any atom is -0.363 e. The number of pyridine rings is 1. The Hall–Kier alpha value is -2.87. The summed E-state index contributed by atoms with van der Waals surface area (Å²) < 4.78 is 0.